The Morgan fingerprint density at radius 2 is 2.00 bits per heavy atom. The highest BCUT2D eigenvalue weighted by Gasteiger charge is 2.17. The van der Waals surface area contributed by atoms with Crippen LogP contribution < -0.4 is 10.1 Å². The molecular weight excluding hydrogens is 366 g/mol. The number of amides is 1. The SMILES string of the molecule is CCNC(=O)C(C)Oc1c(Br)cc(C=O)cc1Br. The molecule has 1 N–H and O–H groups in total. The van der Waals surface area contributed by atoms with Crippen LogP contribution in [0.15, 0.2) is 21.1 Å². The van der Waals surface area contributed by atoms with Crippen LogP contribution in [-0.2, 0) is 4.79 Å². The van der Waals surface area contributed by atoms with Gasteiger partial charge in [0, 0.05) is 12.1 Å². The minimum absolute atomic E-state index is 0.184. The van der Waals surface area contributed by atoms with Crippen molar-refractivity contribution in [3.63, 3.8) is 0 Å². The second-order valence-electron chi connectivity index (χ2n) is 3.59. The maximum Gasteiger partial charge on any atom is 0.260 e. The van der Waals surface area contributed by atoms with Crippen LogP contribution in [-0.4, -0.2) is 24.8 Å². The second kappa shape index (κ2) is 6.89. The Hall–Kier alpha value is -0.880. The summed E-state index contributed by atoms with van der Waals surface area (Å²) in [6.45, 7) is 4.06. The van der Waals surface area contributed by atoms with Crippen molar-refractivity contribution < 1.29 is 14.3 Å². The van der Waals surface area contributed by atoms with Crippen LogP contribution >= 0.6 is 31.9 Å². The molecule has 0 radical (unpaired) electrons. The van der Waals surface area contributed by atoms with Crippen molar-refractivity contribution in [2.75, 3.05) is 6.54 Å². The standard InChI is InChI=1S/C12H13Br2NO3/c1-3-15-12(17)7(2)18-11-9(13)4-8(6-16)5-10(11)14/h4-7H,3H2,1-2H3,(H,15,17). The van der Waals surface area contributed by atoms with E-state index in [0.717, 1.165) is 6.29 Å². The summed E-state index contributed by atoms with van der Waals surface area (Å²) in [6.07, 6.45) is 0.131. The highest BCUT2D eigenvalue weighted by molar-refractivity contribution is 9.11. The monoisotopic (exact) mass is 377 g/mol. The molecule has 1 atom stereocenters. The number of ether oxygens (including phenoxy) is 1. The smallest absolute Gasteiger partial charge is 0.260 e. The molecule has 0 bridgehead atoms. The van der Waals surface area contributed by atoms with Crippen molar-refractivity contribution >= 4 is 44.1 Å². The first-order valence-corrected chi connectivity index (χ1v) is 6.96. The number of carbonyl (C=O) groups is 2. The Morgan fingerprint density at radius 3 is 2.44 bits per heavy atom. The zero-order chi connectivity index (χ0) is 13.7. The average molecular weight is 379 g/mol. The number of nitrogens with one attached hydrogen (secondary N) is 1. The van der Waals surface area contributed by atoms with Crippen LogP contribution in [0.4, 0.5) is 0 Å². The van der Waals surface area contributed by atoms with Gasteiger partial charge in [0.2, 0.25) is 0 Å². The van der Waals surface area contributed by atoms with Crippen LogP contribution in [0.2, 0.25) is 0 Å². The number of benzene rings is 1. The highest BCUT2D eigenvalue weighted by Crippen LogP contribution is 2.35. The summed E-state index contributed by atoms with van der Waals surface area (Å²) in [6, 6.07) is 3.27. The van der Waals surface area contributed by atoms with Crippen LogP contribution in [0.1, 0.15) is 24.2 Å². The second-order valence-corrected chi connectivity index (χ2v) is 5.29. The molecule has 0 aliphatic rings. The molecule has 1 aromatic carbocycles. The molecule has 0 heterocycles. The van der Waals surface area contributed by atoms with Crippen LogP contribution in [0.3, 0.4) is 0 Å². The van der Waals surface area contributed by atoms with Gasteiger partial charge in [0.05, 0.1) is 8.95 Å². The largest absolute Gasteiger partial charge is 0.479 e. The normalized spacial score (nSPS) is 11.8. The fourth-order valence-corrected chi connectivity index (χ4v) is 2.72. The lowest BCUT2D eigenvalue weighted by Gasteiger charge is -2.16. The van der Waals surface area contributed by atoms with E-state index in [9.17, 15) is 9.59 Å². The fraction of sp³-hybridized carbons (Fsp3) is 0.333. The van der Waals surface area contributed by atoms with Gasteiger partial charge >= 0.3 is 0 Å². The van der Waals surface area contributed by atoms with E-state index in [1.807, 2.05) is 6.92 Å². The van der Waals surface area contributed by atoms with E-state index in [1.165, 1.54) is 0 Å². The van der Waals surface area contributed by atoms with Gasteiger partial charge in [-0.05, 0) is 57.8 Å². The summed E-state index contributed by atoms with van der Waals surface area (Å²) in [5.74, 6) is 0.315. The molecule has 0 aromatic heterocycles. The molecule has 0 saturated heterocycles. The molecule has 0 aliphatic heterocycles. The molecule has 1 aromatic rings. The lowest BCUT2D eigenvalue weighted by atomic mass is 10.2. The first kappa shape index (κ1) is 15.2. The van der Waals surface area contributed by atoms with Crippen molar-refractivity contribution in [3.8, 4) is 5.75 Å². The van der Waals surface area contributed by atoms with E-state index in [0.29, 0.717) is 26.8 Å². The molecule has 98 valence electrons. The summed E-state index contributed by atoms with van der Waals surface area (Å²) in [4.78, 5) is 22.3. The fourth-order valence-electron chi connectivity index (χ4n) is 1.31. The van der Waals surface area contributed by atoms with E-state index < -0.39 is 6.10 Å². The molecule has 1 amide bonds. The average Bonchev–Trinajstić information content (AvgIpc) is 2.33. The Labute approximate surface area is 122 Å². The third-order valence-electron chi connectivity index (χ3n) is 2.17. The Kier molecular flexibility index (Phi) is 5.81. The topological polar surface area (TPSA) is 55.4 Å². The van der Waals surface area contributed by atoms with E-state index in [1.54, 1.807) is 19.1 Å². The quantitative estimate of drug-likeness (QED) is 0.801. The van der Waals surface area contributed by atoms with Crippen molar-refractivity contribution in [3.05, 3.63) is 26.6 Å². The van der Waals surface area contributed by atoms with Crippen molar-refractivity contribution in [1.82, 2.24) is 5.32 Å². The van der Waals surface area contributed by atoms with Gasteiger partial charge in [-0.2, -0.15) is 0 Å². The molecule has 1 rings (SSSR count). The van der Waals surface area contributed by atoms with E-state index in [2.05, 4.69) is 37.2 Å². The van der Waals surface area contributed by atoms with E-state index in [4.69, 9.17) is 4.74 Å². The lowest BCUT2D eigenvalue weighted by molar-refractivity contribution is -0.127. The minimum Gasteiger partial charge on any atom is -0.479 e. The summed E-state index contributed by atoms with van der Waals surface area (Å²) < 4.78 is 6.81. The predicted octanol–water partition coefficient (Wildman–Crippen LogP) is 2.93. The molecule has 18 heavy (non-hydrogen) atoms. The molecule has 1 unspecified atom stereocenters. The number of hydrogen-bond acceptors (Lipinski definition) is 3. The van der Waals surface area contributed by atoms with Gasteiger partial charge in [0.15, 0.2) is 6.10 Å². The number of carbonyl (C=O) groups excluding carboxylic acids is 2. The highest BCUT2D eigenvalue weighted by atomic mass is 79.9. The first-order chi connectivity index (χ1) is 8.49. The third-order valence-corrected chi connectivity index (χ3v) is 3.35. The Morgan fingerprint density at radius 1 is 1.44 bits per heavy atom. The van der Waals surface area contributed by atoms with E-state index >= 15 is 0 Å². The van der Waals surface area contributed by atoms with Gasteiger partial charge in [-0.1, -0.05) is 0 Å². The van der Waals surface area contributed by atoms with E-state index in [-0.39, 0.29) is 5.91 Å². The van der Waals surface area contributed by atoms with Crippen molar-refractivity contribution in [1.29, 1.82) is 0 Å². The van der Waals surface area contributed by atoms with Gasteiger partial charge in [0.1, 0.15) is 12.0 Å². The number of halogens is 2. The zero-order valence-corrected chi connectivity index (χ0v) is 13.2. The van der Waals surface area contributed by atoms with Gasteiger partial charge in [0.25, 0.3) is 5.91 Å². The maximum absolute atomic E-state index is 11.6. The maximum atomic E-state index is 11.6. The third kappa shape index (κ3) is 3.81. The summed E-state index contributed by atoms with van der Waals surface area (Å²) >= 11 is 6.62. The Bertz CT molecular complexity index is 440. The van der Waals surface area contributed by atoms with Crippen LogP contribution in [0.5, 0.6) is 5.75 Å². The van der Waals surface area contributed by atoms with Gasteiger partial charge < -0.3 is 10.1 Å². The van der Waals surface area contributed by atoms with Gasteiger partial charge in [-0.15, -0.1) is 0 Å². The number of hydrogen-bond donors (Lipinski definition) is 1. The molecule has 0 spiro atoms. The molecule has 0 saturated carbocycles. The predicted molar refractivity (Wildman–Crippen MR) is 76.0 cm³/mol. The first-order valence-electron chi connectivity index (χ1n) is 5.38. The molecular formula is C12H13Br2NO3. The molecule has 0 aliphatic carbocycles. The number of aldehydes is 1. The zero-order valence-electron chi connectivity index (χ0n) is 10.00. The summed E-state index contributed by atoms with van der Waals surface area (Å²) in [7, 11) is 0. The van der Waals surface area contributed by atoms with Crippen LogP contribution in [0, 0.1) is 0 Å². The summed E-state index contributed by atoms with van der Waals surface area (Å²) in [5, 5.41) is 2.68. The lowest BCUT2D eigenvalue weighted by Crippen LogP contribution is -2.36. The summed E-state index contributed by atoms with van der Waals surface area (Å²) in [5.41, 5.74) is 0.520. The van der Waals surface area contributed by atoms with Crippen molar-refractivity contribution in [2.45, 2.75) is 20.0 Å². The number of rotatable bonds is 5. The van der Waals surface area contributed by atoms with Crippen LogP contribution in [0.25, 0.3) is 0 Å². The van der Waals surface area contributed by atoms with Crippen molar-refractivity contribution in [2.24, 2.45) is 0 Å². The van der Waals surface area contributed by atoms with Gasteiger partial charge in [-0.3, -0.25) is 9.59 Å². The minimum atomic E-state index is -0.611. The molecule has 0 fully saturated rings. The Balaban J connectivity index is 2.91. The molecule has 6 heteroatoms. The van der Waals surface area contributed by atoms with Gasteiger partial charge in [-0.25, -0.2) is 0 Å². The molecule has 4 nitrogen and oxygen atoms in total. The number of likely N-dealkylation sites (N-methyl/N-ethyl adjacent to an activating group) is 1.